The van der Waals surface area contributed by atoms with Crippen LogP contribution in [0.1, 0.15) is 44.8 Å². The predicted molar refractivity (Wildman–Crippen MR) is 70.4 cm³/mol. The molecule has 5 heteroatoms. The maximum absolute atomic E-state index is 10.4. The molecule has 102 valence electrons. The van der Waals surface area contributed by atoms with Gasteiger partial charge in [0.05, 0.1) is 5.69 Å². The molecule has 1 N–H and O–H groups in total. The van der Waals surface area contributed by atoms with Crippen LogP contribution in [0, 0.1) is 0 Å². The molecule has 1 aromatic rings. The first-order valence-corrected chi connectivity index (χ1v) is 6.47. The summed E-state index contributed by atoms with van der Waals surface area (Å²) in [4.78, 5) is 12.5. The monoisotopic (exact) mass is 253 g/mol. The number of aromatic nitrogens is 2. The molecule has 0 bridgehead atoms. The summed E-state index contributed by atoms with van der Waals surface area (Å²) < 4.78 is 1.99. The Kier molecular flexibility index (Phi) is 5.85. The Labute approximate surface area is 108 Å². The molecule has 0 amide bonds. The van der Waals surface area contributed by atoms with E-state index in [2.05, 4.69) is 23.8 Å². The maximum Gasteiger partial charge on any atom is 0.303 e. The molecule has 18 heavy (non-hydrogen) atoms. The Morgan fingerprint density at radius 1 is 1.61 bits per heavy atom. The molecule has 0 aliphatic heterocycles. The minimum absolute atomic E-state index is 0.228. The van der Waals surface area contributed by atoms with E-state index in [0.29, 0.717) is 12.5 Å². The SMILES string of the molecule is CCC(C)n1ccc(CN(C)CCCC(=O)O)n1. The first kappa shape index (κ1) is 14.7. The summed E-state index contributed by atoms with van der Waals surface area (Å²) >= 11 is 0. The van der Waals surface area contributed by atoms with E-state index in [4.69, 9.17) is 5.11 Å². The van der Waals surface area contributed by atoms with Gasteiger partial charge in [0.15, 0.2) is 0 Å². The van der Waals surface area contributed by atoms with E-state index < -0.39 is 5.97 Å². The minimum atomic E-state index is -0.732. The molecule has 1 atom stereocenters. The largest absolute Gasteiger partial charge is 0.481 e. The van der Waals surface area contributed by atoms with Crippen LogP contribution >= 0.6 is 0 Å². The zero-order valence-corrected chi connectivity index (χ0v) is 11.5. The average Bonchev–Trinajstić information content (AvgIpc) is 2.76. The van der Waals surface area contributed by atoms with Crippen LogP contribution in [0.3, 0.4) is 0 Å². The Hall–Kier alpha value is -1.36. The average molecular weight is 253 g/mol. The molecule has 5 nitrogen and oxygen atoms in total. The first-order valence-electron chi connectivity index (χ1n) is 6.47. The molecule has 0 saturated heterocycles. The van der Waals surface area contributed by atoms with Crippen molar-refractivity contribution in [1.29, 1.82) is 0 Å². The molecule has 0 saturated carbocycles. The number of carbonyl (C=O) groups is 1. The lowest BCUT2D eigenvalue weighted by Crippen LogP contribution is -2.20. The lowest BCUT2D eigenvalue weighted by Gasteiger charge is -2.14. The van der Waals surface area contributed by atoms with E-state index >= 15 is 0 Å². The fourth-order valence-corrected chi connectivity index (χ4v) is 1.75. The quantitative estimate of drug-likeness (QED) is 0.771. The minimum Gasteiger partial charge on any atom is -0.481 e. The van der Waals surface area contributed by atoms with E-state index in [-0.39, 0.29) is 6.42 Å². The second-order valence-electron chi connectivity index (χ2n) is 4.78. The second kappa shape index (κ2) is 7.16. The lowest BCUT2D eigenvalue weighted by molar-refractivity contribution is -0.137. The molecule has 0 aliphatic rings. The van der Waals surface area contributed by atoms with Gasteiger partial charge in [0, 0.05) is 25.2 Å². The molecule has 0 spiro atoms. The smallest absolute Gasteiger partial charge is 0.303 e. The number of carboxylic acid groups (broad SMARTS) is 1. The molecule has 1 rings (SSSR count). The van der Waals surface area contributed by atoms with Gasteiger partial charge in [-0.1, -0.05) is 6.92 Å². The topological polar surface area (TPSA) is 58.4 Å². The first-order chi connectivity index (χ1) is 8.52. The van der Waals surface area contributed by atoms with Gasteiger partial charge in [-0.2, -0.15) is 5.10 Å². The highest BCUT2D eigenvalue weighted by molar-refractivity contribution is 5.66. The van der Waals surface area contributed by atoms with Gasteiger partial charge in [0.2, 0.25) is 0 Å². The van der Waals surface area contributed by atoms with E-state index in [9.17, 15) is 4.79 Å². The summed E-state index contributed by atoms with van der Waals surface area (Å²) in [5.41, 5.74) is 1.04. The van der Waals surface area contributed by atoms with Crippen molar-refractivity contribution in [3.8, 4) is 0 Å². The van der Waals surface area contributed by atoms with Gasteiger partial charge in [0.1, 0.15) is 0 Å². The Morgan fingerprint density at radius 3 is 2.94 bits per heavy atom. The van der Waals surface area contributed by atoms with E-state index in [1.807, 2.05) is 24.0 Å². The van der Waals surface area contributed by atoms with Crippen molar-refractivity contribution in [2.75, 3.05) is 13.6 Å². The van der Waals surface area contributed by atoms with E-state index in [1.165, 1.54) is 0 Å². The highest BCUT2D eigenvalue weighted by Crippen LogP contribution is 2.10. The number of carboxylic acids is 1. The second-order valence-corrected chi connectivity index (χ2v) is 4.78. The summed E-state index contributed by atoms with van der Waals surface area (Å²) in [6, 6.07) is 2.45. The third kappa shape index (κ3) is 4.87. The van der Waals surface area contributed by atoms with Crippen molar-refractivity contribution < 1.29 is 9.90 Å². The molecule has 0 aliphatic carbocycles. The predicted octanol–water partition coefficient (Wildman–Crippen LogP) is 2.15. The summed E-state index contributed by atoms with van der Waals surface area (Å²) in [5, 5.41) is 13.1. The van der Waals surface area contributed by atoms with Crippen molar-refractivity contribution in [2.45, 2.75) is 45.7 Å². The van der Waals surface area contributed by atoms with Crippen molar-refractivity contribution in [3.05, 3.63) is 18.0 Å². The third-order valence-electron chi connectivity index (χ3n) is 3.07. The highest BCUT2D eigenvalue weighted by atomic mass is 16.4. The molecular weight excluding hydrogens is 230 g/mol. The fraction of sp³-hybridized carbons (Fsp3) is 0.692. The zero-order valence-electron chi connectivity index (χ0n) is 11.5. The Bertz CT molecular complexity index is 376. The maximum atomic E-state index is 10.4. The van der Waals surface area contributed by atoms with Crippen LogP contribution in [-0.4, -0.2) is 39.3 Å². The standard InChI is InChI=1S/C13H23N3O2/c1-4-11(2)16-9-7-12(14-16)10-15(3)8-5-6-13(17)18/h7,9,11H,4-6,8,10H2,1-3H3,(H,17,18). The summed E-state index contributed by atoms with van der Waals surface area (Å²) in [7, 11) is 1.99. The molecular formula is C13H23N3O2. The summed E-state index contributed by atoms with van der Waals surface area (Å²) in [6.07, 6.45) is 3.98. The van der Waals surface area contributed by atoms with Crippen molar-refractivity contribution in [1.82, 2.24) is 14.7 Å². The van der Waals surface area contributed by atoms with Crippen LogP contribution in [0.25, 0.3) is 0 Å². The van der Waals surface area contributed by atoms with Crippen molar-refractivity contribution in [2.24, 2.45) is 0 Å². The van der Waals surface area contributed by atoms with Crippen LogP contribution in [0.4, 0.5) is 0 Å². The molecule has 0 aromatic carbocycles. The zero-order chi connectivity index (χ0) is 13.5. The van der Waals surface area contributed by atoms with Gasteiger partial charge in [-0.15, -0.1) is 0 Å². The fourth-order valence-electron chi connectivity index (χ4n) is 1.75. The number of nitrogens with zero attached hydrogens (tertiary/aromatic N) is 3. The Morgan fingerprint density at radius 2 is 2.33 bits per heavy atom. The van der Waals surface area contributed by atoms with Crippen LogP contribution in [-0.2, 0) is 11.3 Å². The molecule has 0 fully saturated rings. The van der Waals surface area contributed by atoms with E-state index in [0.717, 1.165) is 25.2 Å². The van der Waals surface area contributed by atoms with Crippen LogP contribution in [0.5, 0.6) is 0 Å². The van der Waals surface area contributed by atoms with Gasteiger partial charge in [-0.25, -0.2) is 0 Å². The van der Waals surface area contributed by atoms with Gasteiger partial charge >= 0.3 is 5.97 Å². The van der Waals surface area contributed by atoms with Crippen LogP contribution in [0.2, 0.25) is 0 Å². The highest BCUT2D eigenvalue weighted by Gasteiger charge is 2.07. The summed E-state index contributed by atoms with van der Waals surface area (Å²) in [5.74, 6) is -0.732. The van der Waals surface area contributed by atoms with Gasteiger partial charge in [0.25, 0.3) is 0 Å². The Balaban J connectivity index is 2.37. The number of hydrogen-bond donors (Lipinski definition) is 1. The molecule has 0 radical (unpaired) electrons. The van der Waals surface area contributed by atoms with Gasteiger partial charge in [-0.05, 0) is 39.4 Å². The lowest BCUT2D eigenvalue weighted by atomic mass is 10.3. The molecule has 1 heterocycles. The van der Waals surface area contributed by atoms with Crippen LogP contribution in [0.15, 0.2) is 12.3 Å². The molecule has 1 unspecified atom stereocenters. The molecule has 1 aromatic heterocycles. The number of aliphatic carboxylic acids is 1. The van der Waals surface area contributed by atoms with Crippen molar-refractivity contribution in [3.63, 3.8) is 0 Å². The van der Waals surface area contributed by atoms with Crippen LogP contribution < -0.4 is 0 Å². The van der Waals surface area contributed by atoms with Crippen molar-refractivity contribution >= 4 is 5.97 Å². The number of hydrogen-bond acceptors (Lipinski definition) is 3. The van der Waals surface area contributed by atoms with E-state index in [1.54, 1.807) is 0 Å². The third-order valence-corrected chi connectivity index (χ3v) is 3.07. The summed E-state index contributed by atoms with van der Waals surface area (Å²) in [6.45, 7) is 5.84. The van der Waals surface area contributed by atoms with Gasteiger partial charge < -0.3 is 10.0 Å². The normalized spacial score (nSPS) is 12.9. The number of rotatable bonds is 8. The van der Waals surface area contributed by atoms with Gasteiger partial charge in [-0.3, -0.25) is 9.48 Å².